The molecule has 1 N–H and O–H groups in total. The van der Waals surface area contributed by atoms with E-state index >= 15 is 0 Å². The minimum atomic E-state index is 0.187. The van der Waals surface area contributed by atoms with E-state index < -0.39 is 0 Å². The summed E-state index contributed by atoms with van der Waals surface area (Å²) in [5.41, 5.74) is 3.03. The highest BCUT2D eigenvalue weighted by Crippen LogP contribution is 2.32. The molecule has 7 nitrogen and oxygen atoms in total. The lowest BCUT2D eigenvalue weighted by molar-refractivity contribution is 0.0953. The largest absolute Gasteiger partial charge is 0.444 e. The molecule has 162 valence electrons. The van der Waals surface area contributed by atoms with Crippen molar-refractivity contribution in [3.8, 4) is 22.2 Å². The monoisotopic (exact) mass is 463 g/mol. The molecule has 0 amide bonds. The van der Waals surface area contributed by atoms with Crippen LogP contribution in [-0.4, -0.2) is 37.4 Å². The minimum absolute atomic E-state index is 0.187. The Morgan fingerprint density at radius 1 is 1.19 bits per heavy atom. The molecule has 0 saturated carbocycles. The molecule has 9 heteroatoms. The summed E-state index contributed by atoms with van der Waals surface area (Å²) in [6.45, 7) is 1.56. The maximum atomic E-state index is 5.93. The number of rotatable bonds is 7. The minimum Gasteiger partial charge on any atom is -0.444 e. The van der Waals surface area contributed by atoms with Gasteiger partial charge < -0.3 is 14.1 Å². The number of aromatic amines is 1. The molecule has 1 aliphatic rings. The Labute approximate surface area is 192 Å². The van der Waals surface area contributed by atoms with Crippen LogP contribution < -0.4 is 0 Å². The highest BCUT2D eigenvalue weighted by atomic mass is 32.2. The molecule has 0 spiro atoms. The zero-order chi connectivity index (χ0) is 21.3. The first-order chi connectivity index (χ1) is 15.8. The average molecular weight is 464 g/mol. The normalized spacial score (nSPS) is 16.3. The van der Waals surface area contributed by atoms with Crippen LogP contribution in [0.1, 0.15) is 18.5 Å². The molecular formula is C23H21N5O2S2. The number of hydrogen-bond donors (Lipinski definition) is 1. The lowest BCUT2D eigenvalue weighted by Gasteiger charge is -2.14. The summed E-state index contributed by atoms with van der Waals surface area (Å²) in [5, 5.41) is 13.2. The Hall–Kier alpha value is -2.88. The Kier molecular flexibility index (Phi) is 5.30. The third-order valence-corrected chi connectivity index (χ3v) is 7.45. The highest BCUT2D eigenvalue weighted by Gasteiger charge is 2.23. The van der Waals surface area contributed by atoms with E-state index in [9.17, 15) is 0 Å². The van der Waals surface area contributed by atoms with Gasteiger partial charge in [0.2, 0.25) is 5.89 Å². The van der Waals surface area contributed by atoms with Crippen LogP contribution in [0.4, 0.5) is 0 Å². The van der Waals surface area contributed by atoms with Crippen LogP contribution >= 0.6 is 23.1 Å². The van der Waals surface area contributed by atoms with E-state index in [1.807, 2.05) is 35.8 Å². The molecule has 32 heavy (non-hydrogen) atoms. The number of hydrogen-bond acceptors (Lipinski definition) is 7. The number of H-pyrrole nitrogens is 1. The fraction of sp³-hybridized carbons (Fsp3) is 0.261. The van der Waals surface area contributed by atoms with Crippen LogP contribution in [0.15, 0.2) is 63.8 Å². The van der Waals surface area contributed by atoms with Gasteiger partial charge in [-0.3, -0.25) is 4.57 Å². The topological polar surface area (TPSA) is 81.8 Å². The SMILES string of the molecule is c1csc(-c2nc(CSc3nnc(-c4c[nH]c5ccccc45)n3CC3CCCO3)co2)c1. The Morgan fingerprint density at radius 3 is 3.03 bits per heavy atom. The molecule has 1 saturated heterocycles. The molecule has 1 aromatic carbocycles. The maximum Gasteiger partial charge on any atom is 0.236 e. The summed E-state index contributed by atoms with van der Waals surface area (Å²) in [4.78, 5) is 9.02. The zero-order valence-electron chi connectivity index (χ0n) is 17.2. The van der Waals surface area contributed by atoms with Crippen LogP contribution in [0.25, 0.3) is 33.1 Å². The van der Waals surface area contributed by atoms with Gasteiger partial charge in [-0.1, -0.05) is 36.0 Å². The van der Waals surface area contributed by atoms with Gasteiger partial charge in [0.05, 0.1) is 23.2 Å². The number of nitrogens with one attached hydrogen (secondary N) is 1. The molecule has 1 fully saturated rings. The molecule has 0 bridgehead atoms. The first-order valence-corrected chi connectivity index (χ1v) is 12.4. The fourth-order valence-corrected chi connectivity index (χ4v) is 5.51. The maximum absolute atomic E-state index is 5.93. The van der Waals surface area contributed by atoms with Crippen molar-refractivity contribution in [1.82, 2.24) is 24.7 Å². The van der Waals surface area contributed by atoms with Crippen LogP contribution in [0.5, 0.6) is 0 Å². The summed E-state index contributed by atoms with van der Waals surface area (Å²) in [6, 6.07) is 12.3. The van der Waals surface area contributed by atoms with E-state index in [-0.39, 0.29) is 6.10 Å². The molecular weight excluding hydrogens is 442 g/mol. The van der Waals surface area contributed by atoms with Crippen molar-refractivity contribution < 1.29 is 9.15 Å². The van der Waals surface area contributed by atoms with Crippen LogP contribution in [-0.2, 0) is 17.0 Å². The zero-order valence-corrected chi connectivity index (χ0v) is 18.9. The second-order valence-electron chi connectivity index (χ2n) is 7.71. The average Bonchev–Trinajstić information content (AvgIpc) is 3.64. The fourth-order valence-electron chi connectivity index (χ4n) is 4.03. The number of benzene rings is 1. The number of para-hydroxylation sites is 1. The van der Waals surface area contributed by atoms with Crippen molar-refractivity contribution >= 4 is 34.0 Å². The molecule has 1 aliphatic heterocycles. The third kappa shape index (κ3) is 3.76. The lowest BCUT2D eigenvalue weighted by Crippen LogP contribution is -2.16. The number of thioether (sulfide) groups is 1. The highest BCUT2D eigenvalue weighted by molar-refractivity contribution is 7.98. The molecule has 0 radical (unpaired) electrons. The second-order valence-corrected chi connectivity index (χ2v) is 9.60. The first-order valence-electron chi connectivity index (χ1n) is 10.6. The number of ether oxygens (including phenoxy) is 1. The van der Waals surface area contributed by atoms with Gasteiger partial charge in [-0.2, -0.15) is 0 Å². The van der Waals surface area contributed by atoms with E-state index in [1.54, 1.807) is 29.4 Å². The van der Waals surface area contributed by atoms with Gasteiger partial charge in [-0.05, 0) is 30.4 Å². The number of oxazole rings is 1. The summed E-state index contributed by atoms with van der Waals surface area (Å²) < 4.78 is 13.8. The standard InChI is InChI=1S/C23H21N5O2S2/c1-2-7-19-17(6-1)18(11-24-19)21-26-27-23(28(21)12-16-5-3-9-29-16)32-14-15-13-30-22(25-15)20-8-4-10-31-20/h1-2,4,6-8,10-11,13,16,24H,3,5,9,12,14H2. The number of thiophene rings is 1. The van der Waals surface area contributed by atoms with Crippen molar-refractivity contribution in [2.45, 2.75) is 36.4 Å². The van der Waals surface area contributed by atoms with E-state index in [1.165, 1.54) is 0 Å². The molecule has 5 heterocycles. The predicted molar refractivity (Wildman–Crippen MR) is 126 cm³/mol. The van der Waals surface area contributed by atoms with Gasteiger partial charge in [0.15, 0.2) is 11.0 Å². The van der Waals surface area contributed by atoms with Gasteiger partial charge in [-0.25, -0.2) is 4.98 Å². The van der Waals surface area contributed by atoms with Gasteiger partial charge >= 0.3 is 0 Å². The van der Waals surface area contributed by atoms with Crippen molar-refractivity contribution in [3.63, 3.8) is 0 Å². The smallest absolute Gasteiger partial charge is 0.236 e. The Balaban J connectivity index is 1.30. The van der Waals surface area contributed by atoms with Crippen LogP contribution in [0.3, 0.4) is 0 Å². The Morgan fingerprint density at radius 2 is 2.16 bits per heavy atom. The third-order valence-electron chi connectivity index (χ3n) is 5.59. The van der Waals surface area contributed by atoms with E-state index in [2.05, 4.69) is 36.9 Å². The first kappa shape index (κ1) is 19.8. The van der Waals surface area contributed by atoms with Crippen molar-refractivity contribution in [1.29, 1.82) is 0 Å². The number of aromatic nitrogens is 5. The van der Waals surface area contributed by atoms with E-state index in [0.29, 0.717) is 11.6 Å². The van der Waals surface area contributed by atoms with Gasteiger partial charge in [-0.15, -0.1) is 21.5 Å². The van der Waals surface area contributed by atoms with Crippen LogP contribution in [0, 0.1) is 0 Å². The van der Waals surface area contributed by atoms with Crippen molar-refractivity contribution in [2.75, 3.05) is 6.61 Å². The van der Waals surface area contributed by atoms with Gasteiger partial charge in [0.25, 0.3) is 0 Å². The summed E-state index contributed by atoms with van der Waals surface area (Å²) >= 11 is 3.24. The molecule has 1 unspecified atom stereocenters. The van der Waals surface area contributed by atoms with Crippen molar-refractivity contribution in [2.24, 2.45) is 0 Å². The predicted octanol–water partition coefficient (Wildman–Crippen LogP) is 5.61. The van der Waals surface area contributed by atoms with Gasteiger partial charge in [0, 0.05) is 35.0 Å². The second kappa shape index (κ2) is 8.57. The van der Waals surface area contributed by atoms with E-state index in [4.69, 9.17) is 9.15 Å². The summed E-state index contributed by atoms with van der Waals surface area (Å²) in [5.74, 6) is 2.18. The lowest BCUT2D eigenvalue weighted by atomic mass is 10.1. The quantitative estimate of drug-likeness (QED) is 0.316. The van der Waals surface area contributed by atoms with E-state index in [0.717, 1.165) is 64.0 Å². The molecule has 5 aromatic rings. The summed E-state index contributed by atoms with van der Waals surface area (Å²) in [7, 11) is 0. The number of fused-ring (bicyclic) bond motifs is 1. The van der Waals surface area contributed by atoms with Crippen molar-refractivity contribution in [3.05, 3.63) is 59.9 Å². The van der Waals surface area contributed by atoms with Gasteiger partial charge in [0.1, 0.15) is 6.26 Å². The van der Waals surface area contributed by atoms with Crippen LogP contribution in [0.2, 0.25) is 0 Å². The molecule has 1 atom stereocenters. The summed E-state index contributed by atoms with van der Waals surface area (Å²) in [6.07, 6.45) is 6.08. The molecule has 4 aromatic heterocycles. The Bertz CT molecular complexity index is 1330. The molecule has 0 aliphatic carbocycles. The number of nitrogens with zero attached hydrogens (tertiary/aromatic N) is 4. The molecule has 6 rings (SSSR count).